The molecule has 0 spiro atoms. The molecular weight excluding hydrogens is 265 g/mol. The average Bonchev–Trinajstić information content (AvgIpc) is 2.45. The van der Waals surface area contributed by atoms with Crippen molar-refractivity contribution >= 4 is 12.1 Å². The lowest BCUT2D eigenvalue weighted by Gasteiger charge is -2.34. The number of esters is 1. The molecule has 0 aromatic heterocycles. The van der Waals surface area contributed by atoms with Gasteiger partial charge in [-0.1, -0.05) is 6.07 Å². The summed E-state index contributed by atoms with van der Waals surface area (Å²) in [6, 6.07) is 3.60. The van der Waals surface area contributed by atoms with Gasteiger partial charge in [0.1, 0.15) is 11.9 Å². The molecule has 6 heteroatoms. The van der Waals surface area contributed by atoms with Gasteiger partial charge in [-0.15, -0.1) is 0 Å². The van der Waals surface area contributed by atoms with Gasteiger partial charge in [0.15, 0.2) is 0 Å². The van der Waals surface area contributed by atoms with E-state index in [-0.39, 0.29) is 19.0 Å². The number of benzene rings is 1. The number of hydrogen-bond donors (Lipinski definition) is 0. The highest BCUT2D eigenvalue weighted by atomic mass is 19.1. The molecule has 0 saturated carbocycles. The zero-order valence-electron chi connectivity index (χ0n) is 11.4. The van der Waals surface area contributed by atoms with Crippen molar-refractivity contribution in [2.75, 3.05) is 13.7 Å². The third kappa shape index (κ3) is 2.74. The molecule has 0 bridgehead atoms. The second-order valence-corrected chi connectivity index (χ2v) is 4.48. The first kappa shape index (κ1) is 14.3. The van der Waals surface area contributed by atoms with Crippen molar-refractivity contribution in [3.8, 4) is 0 Å². The van der Waals surface area contributed by atoms with Crippen LogP contribution >= 0.6 is 0 Å². The van der Waals surface area contributed by atoms with Crippen LogP contribution in [0.15, 0.2) is 18.2 Å². The smallest absolute Gasteiger partial charge is 0.410 e. The third-order valence-corrected chi connectivity index (χ3v) is 3.27. The highest BCUT2D eigenvalue weighted by Crippen LogP contribution is 2.25. The molecule has 5 nitrogen and oxygen atoms in total. The maximum Gasteiger partial charge on any atom is 0.410 e. The minimum atomic E-state index is -0.739. The van der Waals surface area contributed by atoms with Gasteiger partial charge in [0.25, 0.3) is 0 Å². The van der Waals surface area contributed by atoms with Crippen molar-refractivity contribution in [1.82, 2.24) is 4.90 Å². The number of halogens is 1. The van der Waals surface area contributed by atoms with E-state index in [0.29, 0.717) is 12.0 Å². The van der Waals surface area contributed by atoms with Crippen LogP contribution in [0.2, 0.25) is 0 Å². The molecule has 1 aromatic carbocycles. The largest absolute Gasteiger partial charge is 0.467 e. The van der Waals surface area contributed by atoms with Crippen LogP contribution < -0.4 is 0 Å². The molecule has 1 aliphatic heterocycles. The third-order valence-electron chi connectivity index (χ3n) is 3.27. The van der Waals surface area contributed by atoms with E-state index in [9.17, 15) is 14.0 Å². The molecule has 0 radical (unpaired) electrons. The van der Waals surface area contributed by atoms with Crippen LogP contribution in [0.3, 0.4) is 0 Å². The molecule has 2 rings (SSSR count). The lowest BCUT2D eigenvalue weighted by molar-refractivity contribution is -0.147. The number of ether oxygens (including phenoxy) is 2. The first-order valence-electron chi connectivity index (χ1n) is 6.35. The van der Waals surface area contributed by atoms with Gasteiger partial charge < -0.3 is 9.47 Å². The molecule has 1 atom stereocenters. The lowest BCUT2D eigenvalue weighted by Crippen LogP contribution is -2.49. The van der Waals surface area contributed by atoms with Gasteiger partial charge in [0, 0.05) is 6.42 Å². The van der Waals surface area contributed by atoms with Crippen molar-refractivity contribution in [2.45, 2.75) is 25.9 Å². The maximum absolute atomic E-state index is 13.3. The fourth-order valence-electron chi connectivity index (χ4n) is 2.30. The first-order valence-corrected chi connectivity index (χ1v) is 6.35. The molecule has 0 unspecified atom stereocenters. The van der Waals surface area contributed by atoms with Gasteiger partial charge in [-0.25, -0.2) is 14.0 Å². The average molecular weight is 281 g/mol. The lowest BCUT2D eigenvalue weighted by atomic mass is 9.94. The van der Waals surface area contributed by atoms with Crippen LogP contribution in [0.5, 0.6) is 0 Å². The second kappa shape index (κ2) is 5.90. The molecular formula is C14H16FNO4. The summed E-state index contributed by atoms with van der Waals surface area (Å²) >= 11 is 0. The van der Waals surface area contributed by atoms with Crippen molar-refractivity contribution in [3.63, 3.8) is 0 Å². The van der Waals surface area contributed by atoms with Crippen molar-refractivity contribution < 1.29 is 23.5 Å². The summed E-state index contributed by atoms with van der Waals surface area (Å²) in [5.41, 5.74) is 1.51. The predicted molar refractivity (Wildman–Crippen MR) is 68.5 cm³/mol. The summed E-state index contributed by atoms with van der Waals surface area (Å²) in [5.74, 6) is -0.878. The van der Waals surface area contributed by atoms with E-state index in [0.717, 1.165) is 5.56 Å². The summed E-state index contributed by atoms with van der Waals surface area (Å²) in [6.45, 7) is 2.02. The fourth-order valence-corrected chi connectivity index (χ4v) is 2.30. The van der Waals surface area contributed by atoms with E-state index in [1.54, 1.807) is 13.0 Å². The highest BCUT2D eigenvalue weighted by molar-refractivity contribution is 5.82. The summed E-state index contributed by atoms with van der Waals surface area (Å²) in [4.78, 5) is 25.0. The SMILES string of the molecule is CCOC(=O)N1Cc2cc(F)ccc2C[C@H]1C(=O)OC. The zero-order valence-corrected chi connectivity index (χ0v) is 11.4. The molecule has 1 heterocycles. The minimum Gasteiger partial charge on any atom is -0.467 e. The van der Waals surface area contributed by atoms with Gasteiger partial charge in [0.2, 0.25) is 0 Å². The number of carbonyl (C=O) groups is 2. The Labute approximate surface area is 116 Å². The van der Waals surface area contributed by atoms with Gasteiger partial charge in [0.05, 0.1) is 20.3 Å². The Morgan fingerprint density at radius 3 is 2.80 bits per heavy atom. The Morgan fingerprint density at radius 2 is 2.15 bits per heavy atom. The topological polar surface area (TPSA) is 55.8 Å². The summed E-state index contributed by atoms with van der Waals surface area (Å²) < 4.78 is 22.9. The molecule has 0 aliphatic carbocycles. The van der Waals surface area contributed by atoms with Gasteiger partial charge >= 0.3 is 12.1 Å². The van der Waals surface area contributed by atoms with E-state index >= 15 is 0 Å². The Morgan fingerprint density at radius 1 is 1.40 bits per heavy atom. The number of fused-ring (bicyclic) bond motifs is 1. The normalized spacial score (nSPS) is 17.4. The Kier molecular flexibility index (Phi) is 4.22. The minimum absolute atomic E-state index is 0.131. The Balaban J connectivity index is 2.32. The second-order valence-electron chi connectivity index (χ2n) is 4.48. The van der Waals surface area contributed by atoms with Crippen molar-refractivity contribution in [1.29, 1.82) is 0 Å². The number of amides is 1. The van der Waals surface area contributed by atoms with E-state index in [1.807, 2.05) is 0 Å². The van der Waals surface area contributed by atoms with E-state index < -0.39 is 18.1 Å². The summed E-state index contributed by atoms with van der Waals surface area (Å²) in [5, 5.41) is 0. The van der Waals surface area contributed by atoms with Crippen molar-refractivity contribution in [3.05, 3.63) is 35.1 Å². The van der Waals surface area contributed by atoms with Gasteiger partial charge in [-0.2, -0.15) is 0 Å². The number of nitrogens with zero attached hydrogens (tertiary/aromatic N) is 1. The van der Waals surface area contributed by atoms with Gasteiger partial charge in [-0.05, 0) is 30.2 Å². The van der Waals surface area contributed by atoms with Crippen LogP contribution in [-0.2, 0) is 27.2 Å². The zero-order chi connectivity index (χ0) is 14.7. The van der Waals surface area contributed by atoms with Crippen molar-refractivity contribution in [2.24, 2.45) is 0 Å². The molecule has 0 fully saturated rings. The molecule has 1 aromatic rings. The maximum atomic E-state index is 13.3. The van der Waals surface area contributed by atoms with Crippen LogP contribution in [0.4, 0.5) is 9.18 Å². The van der Waals surface area contributed by atoms with E-state index in [1.165, 1.54) is 24.1 Å². The highest BCUT2D eigenvalue weighted by Gasteiger charge is 2.36. The summed E-state index contributed by atoms with van der Waals surface area (Å²) in [6.07, 6.45) is -0.306. The molecule has 0 N–H and O–H groups in total. The molecule has 108 valence electrons. The molecule has 1 aliphatic rings. The number of carbonyl (C=O) groups excluding carboxylic acids is 2. The fraction of sp³-hybridized carbons (Fsp3) is 0.429. The summed E-state index contributed by atoms with van der Waals surface area (Å²) in [7, 11) is 1.27. The number of rotatable bonds is 2. The van der Waals surface area contributed by atoms with Crippen LogP contribution in [0.25, 0.3) is 0 Å². The number of hydrogen-bond acceptors (Lipinski definition) is 4. The standard InChI is InChI=1S/C14H16FNO4/c1-3-20-14(18)16-8-10-6-11(15)5-4-9(10)7-12(16)13(17)19-2/h4-6,12H,3,7-8H2,1-2H3/t12-/m0/s1. The first-order chi connectivity index (χ1) is 9.56. The van der Waals surface area contributed by atoms with Gasteiger partial charge in [-0.3, -0.25) is 4.90 Å². The quantitative estimate of drug-likeness (QED) is 0.777. The molecule has 1 amide bonds. The predicted octanol–water partition coefficient (Wildman–Crippen LogP) is 1.88. The van der Waals surface area contributed by atoms with E-state index in [2.05, 4.69) is 0 Å². The Hall–Kier alpha value is -2.11. The van der Waals surface area contributed by atoms with Crippen LogP contribution in [-0.4, -0.2) is 36.7 Å². The van der Waals surface area contributed by atoms with Crippen LogP contribution in [0.1, 0.15) is 18.1 Å². The monoisotopic (exact) mass is 281 g/mol. The van der Waals surface area contributed by atoms with Crippen LogP contribution in [0, 0.1) is 5.82 Å². The molecule has 20 heavy (non-hydrogen) atoms. The Bertz CT molecular complexity index is 532. The molecule has 0 saturated heterocycles. The number of methoxy groups -OCH3 is 1. The van der Waals surface area contributed by atoms with E-state index in [4.69, 9.17) is 9.47 Å².